The van der Waals surface area contributed by atoms with Crippen molar-refractivity contribution in [3.8, 4) is 0 Å². The van der Waals surface area contributed by atoms with Crippen molar-refractivity contribution in [3.05, 3.63) is 78.2 Å². The highest BCUT2D eigenvalue weighted by molar-refractivity contribution is 5.95. The lowest BCUT2D eigenvalue weighted by molar-refractivity contribution is -0.123. The summed E-state index contributed by atoms with van der Waals surface area (Å²) in [4.78, 5) is 33.7. The number of hydrogen-bond donors (Lipinski definition) is 0. The Labute approximate surface area is 174 Å². The topological polar surface area (TPSA) is 71.3 Å². The van der Waals surface area contributed by atoms with Crippen LogP contribution in [0.15, 0.2) is 67.1 Å². The molecule has 0 atom stereocenters. The van der Waals surface area contributed by atoms with Gasteiger partial charge in [-0.2, -0.15) is 5.10 Å². The second-order valence-electron chi connectivity index (χ2n) is 8.00. The van der Waals surface area contributed by atoms with Gasteiger partial charge < -0.3 is 4.90 Å². The number of carbonyl (C=O) groups is 2. The molecule has 0 aliphatic carbocycles. The van der Waals surface area contributed by atoms with Crippen LogP contribution in [0.25, 0.3) is 0 Å². The average Bonchev–Trinajstić information content (AvgIpc) is 3.29. The van der Waals surface area contributed by atoms with Gasteiger partial charge in [0.25, 0.3) is 5.91 Å². The van der Waals surface area contributed by atoms with Gasteiger partial charge in [-0.15, -0.1) is 0 Å². The van der Waals surface area contributed by atoms with Gasteiger partial charge in [-0.25, -0.2) is 4.68 Å². The summed E-state index contributed by atoms with van der Waals surface area (Å²) >= 11 is 0. The first-order valence-electron chi connectivity index (χ1n) is 10.2. The maximum absolute atomic E-state index is 13.2. The number of rotatable bonds is 3. The first-order valence-corrected chi connectivity index (χ1v) is 10.2. The molecule has 0 radical (unpaired) electrons. The lowest BCUT2D eigenvalue weighted by Crippen LogP contribution is -2.54. The summed E-state index contributed by atoms with van der Waals surface area (Å²) in [5, 5.41) is 4.60. The van der Waals surface area contributed by atoms with Gasteiger partial charge in [-0.3, -0.25) is 19.5 Å². The van der Waals surface area contributed by atoms with Crippen LogP contribution in [0.2, 0.25) is 0 Å². The molecule has 4 heterocycles. The van der Waals surface area contributed by atoms with Crippen molar-refractivity contribution in [1.29, 1.82) is 0 Å². The largest absolute Gasteiger partial charge is 0.338 e. The van der Waals surface area contributed by atoms with Gasteiger partial charge in [0.05, 0.1) is 24.7 Å². The molecule has 0 N–H and O–H groups in total. The molecule has 2 aliphatic rings. The average molecular weight is 401 g/mol. The number of carbonyl (C=O) groups excluding carboxylic acids is 2. The second kappa shape index (κ2) is 7.40. The number of benzene rings is 1. The number of piperidine rings is 1. The quantitative estimate of drug-likeness (QED) is 0.677. The van der Waals surface area contributed by atoms with E-state index in [9.17, 15) is 9.59 Å². The standard InChI is InChI=1S/C23H23N5O2/c29-21-16-23(9-14-26(15-10-23)22(30)19-4-2-1-3-5-19)28-20(8-13-25-28)27(21)17-18-6-11-24-12-7-18/h1-8,11-13H,9-10,14-17H2. The minimum absolute atomic E-state index is 0.0487. The summed E-state index contributed by atoms with van der Waals surface area (Å²) in [6.07, 6.45) is 7.07. The van der Waals surface area contributed by atoms with Gasteiger partial charge in [-0.1, -0.05) is 18.2 Å². The highest BCUT2D eigenvalue weighted by Crippen LogP contribution is 2.41. The van der Waals surface area contributed by atoms with Crippen molar-refractivity contribution in [3.63, 3.8) is 0 Å². The summed E-state index contributed by atoms with van der Waals surface area (Å²) in [5.41, 5.74) is 1.37. The molecule has 1 fully saturated rings. The molecular formula is C23H23N5O2. The van der Waals surface area contributed by atoms with Crippen molar-refractivity contribution in [2.45, 2.75) is 31.3 Å². The van der Waals surface area contributed by atoms with E-state index in [1.807, 2.05) is 58.1 Å². The van der Waals surface area contributed by atoms with Crippen LogP contribution in [0.1, 0.15) is 35.2 Å². The van der Waals surface area contributed by atoms with Crippen LogP contribution in [-0.2, 0) is 16.9 Å². The van der Waals surface area contributed by atoms with Crippen molar-refractivity contribution in [2.24, 2.45) is 0 Å². The highest BCUT2D eigenvalue weighted by Gasteiger charge is 2.46. The lowest BCUT2D eigenvalue weighted by atomic mass is 9.82. The van der Waals surface area contributed by atoms with Gasteiger partial charge >= 0.3 is 0 Å². The molecule has 7 heteroatoms. The predicted molar refractivity (Wildman–Crippen MR) is 112 cm³/mol. The molecular weight excluding hydrogens is 378 g/mol. The van der Waals surface area contributed by atoms with Gasteiger partial charge in [0, 0.05) is 37.1 Å². The van der Waals surface area contributed by atoms with Crippen molar-refractivity contribution < 1.29 is 9.59 Å². The van der Waals surface area contributed by atoms with E-state index in [1.165, 1.54) is 0 Å². The fraction of sp³-hybridized carbons (Fsp3) is 0.304. The van der Waals surface area contributed by atoms with Gasteiger partial charge in [0.1, 0.15) is 5.82 Å². The Morgan fingerprint density at radius 1 is 0.967 bits per heavy atom. The van der Waals surface area contributed by atoms with E-state index < -0.39 is 0 Å². The molecule has 1 saturated heterocycles. The monoisotopic (exact) mass is 401 g/mol. The van der Waals surface area contributed by atoms with E-state index in [0.29, 0.717) is 31.6 Å². The van der Waals surface area contributed by atoms with E-state index in [2.05, 4.69) is 10.1 Å². The Morgan fingerprint density at radius 3 is 2.43 bits per heavy atom. The van der Waals surface area contributed by atoms with E-state index in [0.717, 1.165) is 24.2 Å². The summed E-state index contributed by atoms with van der Waals surface area (Å²) in [6.45, 7) is 1.73. The molecule has 30 heavy (non-hydrogen) atoms. The second-order valence-corrected chi connectivity index (χ2v) is 8.00. The summed E-state index contributed by atoms with van der Waals surface area (Å²) in [6, 6.07) is 15.1. The van der Waals surface area contributed by atoms with Crippen LogP contribution in [0.5, 0.6) is 0 Å². The summed E-state index contributed by atoms with van der Waals surface area (Å²) < 4.78 is 2.01. The third-order valence-electron chi connectivity index (χ3n) is 6.22. The van der Waals surface area contributed by atoms with Crippen molar-refractivity contribution >= 4 is 17.6 Å². The number of aromatic nitrogens is 3. The van der Waals surface area contributed by atoms with Crippen LogP contribution in [0, 0.1) is 0 Å². The molecule has 5 rings (SSSR count). The number of nitrogens with zero attached hydrogens (tertiary/aromatic N) is 5. The normalized spacial score (nSPS) is 17.8. The Hall–Kier alpha value is -3.48. The molecule has 0 unspecified atom stereocenters. The van der Waals surface area contributed by atoms with E-state index in [4.69, 9.17) is 0 Å². The molecule has 2 amide bonds. The molecule has 3 aromatic rings. The number of pyridine rings is 1. The zero-order valence-electron chi connectivity index (χ0n) is 16.6. The Balaban J connectivity index is 1.36. The molecule has 2 aromatic heterocycles. The van der Waals surface area contributed by atoms with Crippen LogP contribution >= 0.6 is 0 Å². The van der Waals surface area contributed by atoms with Crippen molar-refractivity contribution in [2.75, 3.05) is 18.0 Å². The molecule has 2 aliphatic heterocycles. The lowest BCUT2D eigenvalue weighted by Gasteiger charge is -2.46. The predicted octanol–water partition coefficient (Wildman–Crippen LogP) is 2.85. The minimum atomic E-state index is -0.363. The van der Waals surface area contributed by atoms with E-state index in [1.54, 1.807) is 23.5 Å². The molecule has 7 nitrogen and oxygen atoms in total. The van der Waals surface area contributed by atoms with Gasteiger partial charge in [-0.05, 0) is 42.7 Å². The molecule has 0 saturated carbocycles. The number of hydrogen-bond acceptors (Lipinski definition) is 4. The SMILES string of the molecule is O=C(c1ccccc1)N1CCC2(CC1)CC(=O)N(Cc1ccncc1)c1ccnn12. The zero-order valence-corrected chi connectivity index (χ0v) is 16.6. The van der Waals surface area contributed by atoms with Crippen LogP contribution in [0.4, 0.5) is 5.82 Å². The summed E-state index contributed by atoms with van der Waals surface area (Å²) in [7, 11) is 0. The number of amides is 2. The van der Waals surface area contributed by atoms with Gasteiger partial charge in [0.2, 0.25) is 5.91 Å². The fourth-order valence-electron chi connectivity index (χ4n) is 4.56. The highest BCUT2D eigenvalue weighted by atomic mass is 16.2. The fourth-order valence-corrected chi connectivity index (χ4v) is 4.56. The maximum atomic E-state index is 13.2. The van der Waals surface area contributed by atoms with Crippen LogP contribution < -0.4 is 4.90 Å². The third-order valence-corrected chi connectivity index (χ3v) is 6.22. The first kappa shape index (κ1) is 18.5. The number of anilines is 1. The number of likely N-dealkylation sites (tertiary alicyclic amines) is 1. The van der Waals surface area contributed by atoms with E-state index >= 15 is 0 Å². The first-order chi connectivity index (χ1) is 14.7. The maximum Gasteiger partial charge on any atom is 0.253 e. The van der Waals surface area contributed by atoms with Gasteiger partial charge in [0.15, 0.2) is 0 Å². The molecule has 1 aromatic carbocycles. The molecule has 1 spiro atoms. The number of fused-ring (bicyclic) bond motifs is 2. The van der Waals surface area contributed by atoms with E-state index in [-0.39, 0.29) is 17.4 Å². The Morgan fingerprint density at radius 2 is 1.70 bits per heavy atom. The zero-order chi connectivity index (χ0) is 20.6. The third kappa shape index (κ3) is 3.16. The van der Waals surface area contributed by atoms with Crippen LogP contribution in [0.3, 0.4) is 0 Å². The Bertz CT molecular complexity index is 1060. The molecule has 0 bridgehead atoms. The smallest absolute Gasteiger partial charge is 0.253 e. The van der Waals surface area contributed by atoms with Crippen molar-refractivity contribution in [1.82, 2.24) is 19.7 Å². The summed E-state index contributed by atoms with van der Waals surface area (Å²) in [5.74, 6) is 0.973. The molecule has 152 valence electrons. The Kier molecular flexibility index (Phi) is 4.58. The minimum Gasteiger partial charge on any atom is -0.338 e. The van der Waals surface area contributed by atoms with Crippen LogP contribution in [-0.4, -0.2) is 44.6 Å².